The molecule has 162 valence electrons. The first kappa shape index (κ1) is 21.2. The van der Waals surface area contributed by atoms with E-state index < -0.39 is 10.0 Å². The lowest BCUT2D eigenvalue weighted by Gasteiger charge is -2.33. The van der Waals surface area contributed by atoms with Crippen molar-refractivity contribution >= 4 is 21.6 Å². The van der Waals surface area contributed by atoms with E-state index in [4.69, 9.17) is 0 Å². The summed E-state index contributed by atoms with van der Waals surface area (Å²) >= 11 is 0. The quantitative estimate of drug-likeness (QED) is 0.638. The number of carbonyl (C=O) groups excluding carboxylic acids is 1. The highest BCUT2D eigenvalue weighted by Gasteiger charge is 2.28. The predicted octanol–water partition coefficient (Wildman–Crippen LogP) is 2.45. The average Bonchev–Trinajstić information content (AvgIpc) is 3.34. The van der Waals surface area contributed by atoms with Crippen molar-refractivity contribution in [1.82, 2.24) is 19.0 Å². The fourth-order valence-electron chi connectivity index (χ4n) is 3.58. The van der Waals surface area contributed by atoms with Crippen molar-refractivity contribution in [3.8, 4) is 5.69 Å². The molecule has 1 fully saturated rings. The van der Waals surface area contributed by atoms with Crippen molar-refractivity contribution in [3.63, 3.8) is 0 Å². The number of hydrogen-bond donors (Lipinski definition) is 1. The second kappa shape index (κ2) is 9.01. The molecule has 1 N–H and O–H groups in total. The van der Waals surface area contributed by atoms with Gasteiger partial charge in [-0.3, -0.25) is 4.79 Å². The van der Waals surface area contributed by atoms with Gasteiger partial charge in [0.1, 0.15) is 0 Å². The molecule has 0 bridgehead atoms. The van der Waals surface area contributed by atoms with Gasteiger partial charge in [0.05, 0.1) is 10.6 Å². The van der Waals surface area contributed by atoms with E-state index in [2.05, 4.69) is 22.2 Å². The Labute approximate surface area is 182 Å². The number of rotatable bonds is 6. The third-order valence-electron chi connectivity index (χ3n) is 5.39. The Balaban J connectivity index is 1.50. The van der Waals surface area contributed by atoms with E-state index in [1.165, 1.54) is 10.4 Å². The van der Waals surface area contributed by atoms with Gasteiger partial charge in [-0.2, -0.15) is 9.40 Å². The molecule has 1 aliphatic heterocycles. The van der Waals surface area contributed by atoms with Crippen LogP contribution in [0.3, 0.4) is 0 Å². The molecule has 4 rings (SSSR count). The molecule has 1 aliphatic rings. The lowest BCUT2D eigenvalue weighted by molar-refractivity contribution is 0.102. The van der Waals surface area contributed by atoms with E-state index in [0.717, 1.165) is 25.3 Å². The monoisotopic (exact) mass is 439 g/mol. The number of anilines is 1. The molecule has 1 amide bonds. The van der Waals surface area contributed by atoms with Crippen LogP contribution in [0.15, 0.2) is 71.9 Å². The third-order valence-corrected chi connectivity index (χ3v) is 7.28. The molecule has 1 aromatic heterocycles. The van der Waals surface area contributed by atoms with Gasteiger partial charge in [0.15, 0.2) is 0 Å². The molecule has 0 unspecified atom stereocenters. The molecule has 0 atom stereocenters. The maximum absolute atomic E-state index is 13.1. The van der Waals surface area contributed by atoms with Crippen molar-refractivity contribution in [1.29, 1.82) is 0 Å². The molecule has 2 heterocycles. The zero-order chi connectivity index (χ0) is 21.8. The molecule has 31 heavy (non-hydrogen) atoms. The first-order valence-electron chi connectivity index (χ1n) is 10.2. The number of hydrogen-bond acceptors (Lipinski definition) is 5. The highest BCUT2D eigenvalue weighted by atomic mass is 32.2. The van der Waals surface area contributed by atoms with Crippen LogP contribution in [0, 0.1) is 0 Å². The first-order valence-corrected chi connectivity index (χ1v) is 11.7. The van der Waals surface area contributed by atoms with Crippen LogP contribution in [0.5, 0.6) is 0 Å². The summed E-state index contributed by atoms with van der Waals surface area (Å²) in [4.78, 5) is 15.2. The highest BCUT2D eigenvalue weighted by molar-refractivity contribution is 7.89. The number of carbonyl (C=O) groups is 1. The predicted molar refractivity (Wildman–Crippen MR) is 119 cm³/mol. The van der Waals surface area contributed by atoms with Crippen LogP contribution < -0.4 is 5.32 Å². The summed E-state index contributed by atoms with van der Waals surface area (Å²) < 4.78 is 29.3. The van der Waals surface area contributed by atoms with E-state index in [0.29, 0.717) is 24.3 Å². The van der Waals surface area contributed by atoms with Gasteiger partial charge < -0.3 is 10.2 Å². The molecule has 3 aromatic rings. The van der Waals surface area contributed by atoms with Crippen LogP contribution in [0.4, 0.5) is 5.69 Å². The average molecular weight is 440 g/mol. The minimum Gasteiger partial charge on any atom is -0.322 e. The molecule has 0 radical (unpaired) electrons. The number of sulfonamides is 1. The molecular weight excluding hydrogens is 414 g/mol. The number of likely N-dealkylation sites (N-methyl/N-ethyl adjacent to an activating group) is 1. The fraction of sp³-hybridized carbons (Fsp3) is 0.273. The van der Waals surface area contributed by atoms with Crippen LogP contribution >= 0.6 is 0 Å². The zero-order valence-corrected chi connectivity index (χ0v) is 18.1. The Kier molecular flexibility index (Phi) is 6.17. The van der Waals surface area contributed by atoms with Gasteiger partial charge in [0, 0.05) is 49.8 Å². The largest absolute Gasteiger partial charge is 0.322 e. The molecule has 0 saturated carbocycles. The molecular formula is C22H25N5O3S. The Hall–Kier alpha value is -3.01. The maximum atomic E-state index is 13.1. The Morgan fingerprint density at radius 3 is 2.52 bits per heavy atom. The number of benzene rings is 2. The molecule has 1 saturated heterocycles. The maximum Gasteiger partial charge on any atom is 0.255 e. The minimum atomic E-state index is -3.61. The lowest BCUT2D eigenvalue weighted by atomic mass is 10.2. The summed E-state index contributed by atoms with van der Waals surface area (Å²) in [7, 11) is -3.61. The van der Waals surface area contributed by atoms with Gasteiger partial charge in [0.25, 0.3) is 5.91 Å². The van der Waals surface area contributed by atoms with Gasteiger partial charge in [-0.05, 0) is 49.0 Å². The van der Waals surface area contributed by atoms with Crippen molar-refractivity contribution in [2.24, 2.45) is 0 Å². The SMILES string of the molecule is CCN1CCN(S(=O)(=O)c2cccc(NC(=O)c3cccc(-n4cccn4)c3)c2)CC1. The normalized spacial score (nSPS) is 15.6. The zero-order valence-electron chi connectivity index (χ0n) is 17.3. The second-order valence-corrected chi connectivity index (χ2v) is 9.26. The van der Waals surface area contributed by atoms with Gasteiger partial charge in [-0.25, -0.2) is 13.1 Å². The first-order chi connectivity index (χ1) is 15.0. The number of nitrogens with zero attached hydrogens (tertiary/aromatic N) is 4. The summed E-state index contributed by atoms with van der Waals surface area (Å²) in [5.41, 5.74) is 1.65. The Morgan fingerprint density at radius 1 is 1.03 bits per heavy atom. The van der Waals surface area contributed by atoms with Gasteiger partial charge >= 0.3 is 0 Å². The van der Waals surface area contributed by atoms with Crippen molar-refractivity contribution in [3.05, 3.63) is 72.6 Å². The number of amides is 1. The highest BCUT2D eigenvalue weighted by Crippen LogP contribution is 2.22. The van der Waals surface area contributed by atoms with Crippen LogP contribution in [0.1, 0.15) is 17.3 Å². The van der Waals surface area contributed by atoms with Crippen LogP contribution in [0.25, 0.3) is 5.69 Å². The second-order valence-electron chi connectivity index (χ2n) is 7.32. The summed E-state index contributed by atoms with van der Waals surface area (Å²) in [6, 6.07) is 15.3. The number of aromatic nitrogens is 2. The van der Waals surface area contributed by atoms with E-state index in [1.807, 2.05) is 6.07 Å². The molecule has 0 aliphatic carbocycles. The van der Waals surface area contributed by atoms with Gasteiger partial charge in [-0.1, -0.05) is 19.1 Å². The summed E-state index contributed by atoms with van der Waals surface area (Å²) in [5.74, 6) is -0.319. The van der Waals surface area contributed by atoms with Crippen molar-refractivity contribution < 1.29 is 13.2 Å². The smallest absolute Gasteiger partial charge is 0.255 e. The van der Waals surface area contributed by atoms with E-state index in [-0.39, 0.29) is 10.8 Å². The number of piperazine rings is 1. The van der Waals surface area contributed by atoms with Gasteiger partial charge in [0.2, 0.25) is 10.0 Å². The summed E-state index contributed by atoms with van der Waals surface area (Å²) in [6.45, 7) is 5.36. The van der Waals surface area contributed by atoms with Crippen molar-refractivity contribution in [2.45, 2.75) is 11.8 Å². The summed E-state index contributed by atoms with van der Waals surface area (Å²) in [5, 5.41) is 6.98. The third kappa shape index (κ3) is 4.68. The van der Waals surface area contributed by atoms with Crippen LogP contribution in [-0.2, 0) is 10.0 Å². The fourth-order valence-corrected chi connectivity index (χ4v) is 5.05. The van der Waals surface area contributed by atoms with Crippen LogP contribution in [-0.4, -0.2) is 66.0 Å². The molecule has 2 aromatic carbocycles. The Morgan fingerprint density at radius 2 is 1.81 bits per heavy atom. The van der Waals surface area contributed by atoms with E-state index in [1.54, 1.807) is 59.5 Å². The summed E-state index contributed by atoms with van der Waals surface area (Å²) in [6.07, 6.45) is 3.46. The topological polar surface area (TPSA) is 87.5 Å². The molecule has 0 spiro atoms. The van der Waals surface area contributed by atoms with Gasteiger partial charge in [-0.15, -0.1) is 0 Å². The molecule has 8 nitrogen and oxygen atoms in total. The number of nitrogens with one attached hydrogen (secondary N) is 1. The minimum absolute atomic E-state index is 0.181. The lowest BCUT2D eigenvalue weighted by Crippen LogP contribution is -2.48. The van der Waals surface area contributed by atoms with E-state index in [9.17, 15) is 13.2 Å². The Bertz CT molecular complexity index is 1150. The standard InChI is InChI=1S/C22H25N5O3S/c1-2-25-12-14-26(15-13-25)31(29,30)21-9-4-7-19(17-21)24-22(28)18-6-3-8-20(16-18)27-11-5-10-23-27/h3-11,16-17H,2,12-15H2,1H3,(H,24,28). The van der Waals surface area contributed by atoms with Crippen LogP contribution in [0.2, 0.25) is 0 Å². The van der Waals surface area contributed by atoms with Crippen molar-refractivity contribution in [2.75, 3.05) is 38.0 Å². The van der Waals surface area contributed by atoms with E-state index >= 15 is 0 Å². The molecule has 9 heteroatoms.